The normalized spacial score (nSPS) is 15.0. The molecule has 28 heavy (non-hydrogen) atoms. The van der Waals surface area contributed by atoms with Crippen molar-refractivity contribution in [2.75, 3.05) is 44.3 Å². The van der Waals surface area contributed by atoms with E-state index in [-0.39, 0.29) is 5.91 Å². The topological polar surface area (TPSA) is 46.9 Å². The van der Waals surface area contributed by atoms with Gasteiger partial charge in [0.25, 0.3) is 0 Å². The molecule has 4 rings (SSSR count). The predicted molar refractivity (Wildman–Crippen MR) is 114 cm³/mol. The van der Waals surface area contributed by atoms with Crippen LogP contribution in [-0.4, -0.2) is 50.3 Å². The Bertz CT molecular complexity index is 941. The largest absolute Gasteiger partial charge is 0.370 e. The van der Waals surface area contributed by atoms with Gasteiger partial charge in [-0.05, 0) is 17.7 Å². The van der Waals surface area contributed by atoms with Gasteiger partial charge in [-0.1, -0.05) is 59.3 Å². The van der Waals surface area contributed by atoms with E-state index in [2.05, 4.69) is 0 Å². The minimum absolute atomic E-state index is 0.0639. The van der Waals surface area contributed by atoms with Gasteiger partial charge in [-0.15, -0.1) is 0 Å². The first-order valence-electron chi connectivity index (χ1n) is 9.51. The number of thiazole rings is 1. The van der Waals surface area contributed by atoms with Crippen LogP contribution >= 0.6 is 22.9 Å². The number of carbonyl (C=O) groups excluding carboxylic acids is 1. The smallest absolute Gasteiger partial charge is 0.233 e. The Balaban J connectivity index is 1.57. The SMILES string of the molecule is O=C(Cc1ccccc1)N(CC[NH+]1CCOCC1)c1nc2c(Cl)cccc2s1. The number of ether oxygens (including phenoxy) is 1. The number of quaternary nitrogens is 1. The van der Waals surface area contributed by atoms with Gasteiger partial charge < -0.3 is 9.64 Å². The molecule has 0 atom stereocenters. The van der Waals surface area contributed by atoms with Crippen molar-refractivity contribution in [1.82, 2.24) is 4.98 Å². The summed E-state index contributed by atoms with van der Waals surface area (Å²) in [6.07, 6.45) is 0.364. The van der Waals surface area contributed by atoms with Crippen LogP contribution in [0.4, 0.5) is 5.13 Å². The third-order valence-corrected chi connectivity index (χ3v) is 6.33. The van der Waals surface area contributed by atoms with E-state index in [4.69, 9.17) is 21.3 Å². The average Bonchev–Trinajstić information content (AvgIpc) is 3.15. The predicted octanol–water partition coefficient (Wildman–Crippen LogP) is 2.44. The average molecular weight is 417 g/mol. The molecule has 3 aromatic rings. The number of aromatic nitrogens is 1. The first kappa shape index (κ1) is 19.3. The van der Waals surface area contributed by atoms with Crippen molar-refractivity contribution in [2.45, 2.75) is 6.42 Å². The molecule has 2 heterocycles. The third-order valence-electron chi connectivity index (χ3n) is 4.98. The molecular formula is C21H23ClN3O2S+. The molecule has 0 bridgehead atoms. The van der Waals surface area contributed by atoms with Crippen LogP contribution in [0.25, 0.3) is 10.2 Å². The lowest BCUT2D eigenvalue weighted by molar-refractivity contribution is -0.906. The number of nitrogens with one attached hydrogen (secondary N) is 1. The summed E-state index contributed by atoms with van der Waals surface area (Å²) >= 11 is 7.83. The maximum absolute atomic E-state index is 13.2. The van der Waals surface area contributed by atoms with Crippen molar-refractivity contribution in [3.8, 4) is 0 Å². The zero-order chi connectivity index (χ0) is 19.3. The number of nitrogens with zero attached hydrogens (tertiary/aromatic N) is 2. The molecule has 1 fully saturated rings. The van der Waals surface area contributed by atoms with Crippen molar-refractivity contribution in [3.05, 3.63) is 59.1 Å². The summed E-state index contributed by atoms with van der Waals surface area (Å²) in [5.74, 6) is 0.0639. The standard InChI is InChI=1S/C21H22ClN3O2S/c22-17-7-4-8-18-20(17)23-21(28-18)25(10-9-24-11-13-27-14-12-24)19(26)15-16-5-2-1-3-6-16/h1-8H,9-15H2/p+1. The van der Waals surface area contributed by atoms with Crippen LogP contribution in [0, 0.1) is 0 Å². The summed E-state index contributed by atoms with van der Waals surface area (Å²) in [4.78, 5) is 21.2. The molecule has 2 aromatic carbocycles. The van der Waals surface area contributed by atoms with Crippen molar-refractivity contribution in [3.63, 3.8) is 0 Å². The van der Waals surface area contributed by atoms with E-state index in [0.717, 1.165) is 53.8 Å². The number of para-hydroxylation sites is 1. The summed E-state index contributed by atoms with van der Waals surface area (Å²) in [5, 5.41) is 1.34. The number of anilines is 1. The zero-order valence-corrected chi connectivity index (χ0v) is 17.1. The lowest BCUT2D eigenvalue weighted by Gasteiger charge is -2.27. The van der Waals surface area contributed by atoms with Crippen molar-refractivity contribution in [2.24, 2.45) is 0 Å². The molecular weight excluding hydrogens is 394 g/mol. The highest BCUT2D eigenvalue weighted by atomic mass is 35.5. The molecule has 5 nitrogen and oxygen atoms in total. The van der Waals surface area contributed by atoms with Gasteiger partial charge in [0.15, 0.2) is 5.13 Å². The van der Waals surface area contributed by atoms with Gasteiger partial charge in [0, 0.05) is 0 Å². The van der Waals surface area contributed by atoms with E-state index in [1.54, 1.807) is 0 Å². The highest BCUT2D eigenvalue weighted by Crippen LogP contribution is 2.32. The lowest BCUT2D eigenvalue weighted by Crippen LogP contribution is -3.14. The Hall–Kier alpha value is -1.99. The van der Waals surface area contributed by atoms with Gasteiger partial charge in [-0.25, -0.2) is 4.98 Å². The van der Waals surface area contributed by atoms with Crippen LogP contribution in [0.15, 0.2) is 48.5 Å². The molecule has 1 aliphatic rings. The molecule has 1 N–H and O–H groups in total. The molecule has 0 radical (unpaired) electrons. The fraction of sp³-hybridized carbons (Fsp3) is 0.333. The van der Waals surface area contributed by atoms with E-state index < -0.39 is 0 Å². The highest BCUT2D eigenvalue weighted by molar-refractivity contribution is 7.22. The molecule has 1 aromatic heterocycles. The number of benzene rings is 2. The van der Waals surface area contributed by atoms with Gasteiger partial charge >= 0.3 is 0 Å². The lowest BCUT2D eigenvalue weighted by atomic mass is 10.1. The third kappa shape index (κ3) is 4.52. The molecule has 1 amide bonds. The van der Waals surface area contributed by atoms with Crippen LogP contribution in [-0.2, 0) is 16.0 Å². The van der Waals surface area contributed by atoms with Crippen molar-refractivity contribution < 1.29 is 14.4 Å². The van der Waals surface area contributed by atoms with E-state index in [1.807, 2.05) is 53.4 Å². The van der Waals surface area contributed by atoms with E-state index in [1.165, 1.54) is 16.2 Å². The zero-order valence-electron chi connectivity index (χ0n) is 15.6. The molecule has 7 heteroatoms. The van der Waals surface area contributed by atoms with Crippen molar-refractivity contribution in [1.29, 1.82) is 0 Å². The number of fused-ring (bicyclic) bond motifs is 1. The van der Waals surface area contributed by atoms with Crippen molar-refractivity contribution >= 4 is 44.2 Å². The Labute approximate surface area is 173 Å². The summed E-state index contributed by atoms with van der Waals surface area (Å²) < 4.78 is 6.44. The number of morpholine rings is 1. The van der Waals surface area contributed by atoms with Gasteiger partial charge in [-0.2, -0.15) is 0 Å². The van der Waals surface area contributed by atoms with Gasteiger partial charge in [0.05, 0.1) is 42.4 Å². The number of amides is 1. The molecule has 1 saturated heterocycles. The van der Waals surface area contributed by atoms with E-state index in [9.17, 15) is 4.79 Å². The maximum atomic E-state index is 13.2. The quantitative estimate of drug-likeness (QED) is 0.671. The van der Waals surface area contributed by atoms with Gasteiger partial charge in [0.1, 0.15) is 18.6 Å². The molecule has 1 aliphatic heterocycles. The highest BCUT2D eigenvalue weighted by Gasteiger charge is 2.23. The Morgan fingerprint density at radius 1 is 1.14 bits per heavy atom. The number of carbonyl (C=O) groups is 1. The first-order chi connectivity index (χ1) is 13.7. The molecule has 0 unspecified atom stereocenters. The monoisotopic (exact) mass is 416 g/mol. The minimum Gasteiger partial charge on any atom is -0.370 e. The summed E-state index contributed by atoms with van der Waals surface area (Å²) in [5.41, 5.74) is 1.77. The molecule has 146 valence electrons. The second-order valence-corrected chi connectivity index (χ2v) is 8.32. The minimum atomic E-state index is 0.0639. The number of rotatable bonds is 6. The summed E-state index contributed by atoms with van der Waals surface area (Å²) in [6, 6.07) is 15.6. The fourth-order valence-corrected chi connectivity index (χ4v) is 4.70. The number of hydrogen-bond acceptors (Lipinski definition) is 4. The van der Waals surface area contributed by atoms with Crippen LogP contribution in [0.1, 0.15) is 5.56 Å². The second kappa shape index (κ2) is 9.01. The van der Waals surface area contributed by atoms with Gasteiger partial charge in [-0.3, -0.25) is 9.69 Å². The van der Waals surface area contributed by atoms with E-state index >= 15 is 0 Å². The Kier molecular flexibility index (Phi) is 6.22. The number of hydrogen-bond donors (Lipinski definition) is 1. The van der Waals surface area contributed by atoms with Crippen LogP contribution in [0.3, 0.4) is 0 Å². The fourth-order valence-electron chi connectivity index (χ4n) is 3.39. The maximum Gasteiger partial charge on any atom is 0.233 e. The van der Waals surface area contributed by atoms with Gasteiger partial charge in [0.2, 0.25) is 5.91 Å². The van der Waals surface area contributed by atoms with Crippen LogP contribution in [0.2, 0.25) is 5.02 Å². The summed E-state index contributed by atoms with van der Waals surface area (Å²) in [6.45, 7) is 5.04. The first-order valence-corrected chi connectivity index (χ1v) is 10.7. The Morgan fingerprint density at radius 2 is 1.93 bits per heavy atom. The molecule has 0 saturated carbocycles. The summed E-state index contributed by atoms with van der Waals surface area (Å²) in [7, 11) is 0. The van der Waals surface area contributed by atoms with E-state index in [0.29, 0.717) is 18.0 Å². The number of halogens is 1. The van der Waals surface area contributed by atoms with Crippen LogP contribution < -0.4 is 9.80 Å². The Morgan fingerprint density at radius 3 is 2.68 bits per heavy atom. The second-order valence-electron chi connectivity index (χ2n) is 6.90. The molecule has 0 spiro atoms. The van der Waals surface area contributed by atoms with Crippen LogP contribution in [0.5, 0.6) is 0 Å². The molecule has 0 aliphatic carbocycles.